The van der Waals surface area contributed by atoms with Gasteiger partial charge in [-0.25, -0.2) is 4.79 Å². The summed E-state index contributed by atoms with van der Waals surface area (Å²) in [6, 6.07) is 17.1. The van der Waals surface area contributed by atoms with Crippen LogP contribution in [0.25, 0.3) is 16.6 Å². The molecule has 4 rings (SSSR count). The molecule has 4 nitrogen and oxygen atoms in total. The highest BCUT2D eigenvalue weighted by atomic mass is 35.5. The number of carbonyl (C=O) groups is 1. The number of pyridine rings is 1. The van der Waals surface area contributed by atoms with E-state index in [9.17, 15) is 9.90 Å². The molecule has 2 aromatic heterocycles. The molecule has 5 heteroatoms. The fraction of sp³-hybridized carbons (Fsp3) is 0.0476. The van der Waals surface area contributed by atoms with Crippen molar-refractivity contribution in [2.45, 2.75) is 6.42 Å². The molecule has 2 aromatic carbocycles. The first kappa shape index (κ1) is 16.4. The van der Waals surface area contributed by atoms with Gasteiger partial charge >= 0.3 is 5.97 Å². The van der Waals surface area contributed by atoms with Crippen LogP contribution in [0.1, 0.15) is 21.5 Å². The summed E-state index contributed by atoms with van der Waals surface area (Å²) >= 11 is 5.93. The lowest BCUT2D eigenvalue weighted by Crippen LogP contribution is -2.03. The number of rotatable bonds is 4. The molecule has 0 bridgehead atoms. The Labute approximate surface area is 155 Å². The Morgan fingerprint density at radius 1 is 1.04 bits per heavy atom. The van der Waals surface area contributed by atoms with Crippen molar-refractivity contribution in [3.63, 3.8) is 0 Å². The first-order valence-electron chi connectivity index (χ1n) is 8.14. The zero-order valence-electron chi connectivity index (χ0n) is 13.8. The molecule has 0 saturated carbocycles. The number of aromatic carboxylic acids is 1. The third kappa shape index (κ3) is 3.07. The van der Waals surface area contributed by atoms with Gasteiger partial charge in [0, 0.05) is 34.7 Å². The van der Waals surface area contributed by atoms with E-state index < -0.39 is 5.97 Å². The van der Waals surface area contributed by atoms with Gasteiger partial charge in [-0.05, 0) is 60.0 Å². The molecule has 0 saturated heterocycles. The maximum absolute atomic E-state index is 11.5. The van der Waals surface area contributed by atoms with E-state index in [2.05, 4.69) is 27.8 Å². The molecule has 2 heterocycles. The average molecular weight is 363 g/mol. The van der Waals surface area contributed by atoms with E-state index in [1.54, 1.807) is 24.5 Å². The summed E-state index contributed by atoms with van der Waals surface area (Å²) < 4.78 is 2.10. The van der Waals surface area contributed by atoms with Gasteiger partial charge in [-0.1, -0.05) is 23.7 Å². The van der Waals surface area contributed by atoms with Crippen LogP contribution in [0.5, 0.6) is 0 Å². The summed E-state index contributed by atoms with van der Waals surface area (Å²) in [4.78, 5) is 15.5. The first-order valence-corrected chi connectivity index (χ1v) is 8.52. The van der Waals surface area contributed by atoms with Crippen LogP contribution in [-0.4, -0.2) is 20.6 Å². The predicted molar refractivity (Wildman–Crippen MR) is 102 cm³/mol. The van der Waals surface area contributed by atoms with E-state index in [0.717, 1.165) is 27.7 Å². The minimum Gasteiger partial charge on any atom is -0.478 e. The van der Waals surface area contributed by atoms with Crippen molar-refractivity contribution >= 4 is 28.5 Å². The molecule has 0 amide bonds. The van der Waals surface area contributed by atoms with E-state index >= 15 is 0 Å². The molecule has 0 atom stereocenters. The Kier molecular flexibility index (Phi) is 4.19. The van der Waals surface area contributed by atoms with Crippen molar-refractivity contribution in [1.82, 2.24) is 9.55 Å². The van der Waals surface area contributed by atoms with Gasteiger partial charge in [0.2, 0.25) is 0 Å². The van der Waals surface area contributed by atoms with Crippen LogP contribution in [0.3, 0.4) is 0 Å². The smallest absolute Gasteiger partial charge is 0.336 e. The number of hydrogen-bond donors (Lipinski definition) is 1. The first-order chi connectivity index (χ1) is 12.6. The van der Waals surface area contributed by atoms with Gasteiger partial charge in [-0.3, -0.25) is 4.98 Å². The molecule has 0 aliphatic carbocycles. The molecule has 0 fully saturated rings. The van der Waals surface area contributed by atoms with Crippen molar-refractivity contribution < 1.29 is 9.90 Å². The normalized spacial score (nSPS) is 11.0. The molecular weight excluding hydrogens is 348 g/mol. The molecule has 26 heavy (non-hydrogen) atoms. The Balaban J connectivity index is 1.71. The number of carboxylic acid groups (broad SMARTS) is 1. The fourth-order valence-electron chi connectivity index (χ4n) is 3.15. The molecule has 128 valence electrons. The molecule has 4 aromatic rings. The van der Waals surface area contributed by atoms with Crippen molar-refractivity contribution in [3.8, 4) is 5.69 Å². The number of carboxylic acids is 1. The summed E-state index contributed by atoms with van der Waals surface area (Å²) in [5.74, 6) is -0.965. The van der Waals surface area contributed by atoms with Gasteiger partial charge < -0.3 is 9.67 Å². The van der Waals surface area contributed by atoms with Crippen LogP contribution in [0.4, 0.5) is 0 Å². The van der Waals surface area contributed by atoms with E-state index in [-0.39, 0.29) is 5.56 Å². The lowest BCUT2D eigenvalue weighted by molar-refractivity contribution is 0.0696. The van der Waals surface area contributed by atoms with Crippen molar-refractivity contribution in [2.24, 2.45) is 0 Å². The number of nitrogens with zero attached hydrogens (tertiary/aromatic N) is 2. The van der Waals surface area contributed by atoms with Crippen molar-refractivity contribution in [1.29, 1.82) is 0 Å². The van der Waals surface area contributed by atoms with Gasteiger partial charge in [0.15, 0.2) is 0 Å². The van der Waals surface area contributed by atoms with Gasteiger partial charge in [0.05, 0.1) is 11.1 Å². The third-order valence-corrected chi connectivity index (χ3v) is 4.63. The molecule has 0 spiro atoms. The van der Waals surface area contributed by atoms with Crippen LogP contribution in [-0.2, 0) is 6.42 Å². The summed E-state index contributed by atoms with van der Waals surface area (Å²) in [5, 5.41) is 10.9. The van der Waals surface area contributed by atoms with Crippen LogP contribution in [0.2, 0.25) is 5.02 Å². The number of fused-ring (bicyclic) bond motifs is 1. The highest BCUT2D eigenvalue weighted by molar-refractivity contribution is 6.31. The minimum absolute atomic E-state index is 0.243. The second-order valence-corrected chi connectivity index (χ2v) is 6.50. The second-order valence-electron chi connectivity index (χ2n) is 6.07. The summed E-state index contributed by atoms with van der Waals surface area (Å²) in [6.45, 7) is 0. The summed E-state index contributed by atoms with van der Waals surface area (Å²) in [6.07, 6.45) is 6.09. The fourth-order valence-corrected chi connectivity index (χ4v) is 3.33. The van der Waals surface area contributed by atoms with Crippen molar-refractivity contribution in [3.05, 3.63) is 94.9 Å². The highest BCUT2D eigenvalue weighted by Gasteiger charge is 2.12. The maximum Gasteiger partial charge on any atom is 0.336 e. The Hall–Kier alpha value is -3.11. The summed E-state index contributed by atoms with van der Waals surface area (Å²) in [7, 11) is 0. The molecular formula is C21H15ClN2O2. The lowest BCUT2D eigenvalue weighted by Gasteiger charge is -2.08. The van der Waals surface area contributed by atoms with Crippen LogP contribution < -0.4 is 0 Å². The van der Waals surface area contributed by atoms with Gasteiger partial charge in [0.25, 0.3) is 0 Å². The summed E-state index contributed by atoms with van der Waals surface area (Å²) in [5.41, 5.74) is 4.18. The van der Waals surface area contributed by atoms with E-state index in [1.807, 2.05) is 24.4 Å². The van der Waals surface area contributed by atoms with Gasteiger partial charge in [-0.15, -0.1) is 0 Å². The molecule has 0 aliphatic rings. The molecule has 0 radical (unpaired) electrons. The van der Waals surface area contributed by atoms with E-state index in [1.165, 1.54) is 6.07 Å². The van der Waals surface area contributed by atoms with Gasteiger partial charge in [-0.2, -0.15) is 0 Å². The van der Waals surface area contributed by atoms with E-state index in [4.69, 9.17) is 11.6 Å². The zero-order chi connectivity index (χ0) is 18.1. The molecule has 0 unspecified atom stereocenters. The lowest BCUT2D eigenvalue weighted by atomic mass is 9.99. The minimum atomic E-state index is -0.965. The number of hydrogen-bond acceptors (Lipinski definition) is 2. The Bertz CT molecular complexity index is 1100. The topological polar surface area (TPSA) is 55.1 Å². The van der Waals surface area contributed by atoms with Gasteiger partial charge in [0.1, 0.15) is 0 Å². The molecule has 1 N–H and O–H groups in total. The Morgan fingerprint density at radius 3 is 2.62 bits per heavy atom. The standard InChI is InChI=1S/C21H15ClN2O2/c22-17-3-2-15(19(13-17)21(25)26)11-14-1-4-20-16(12-14)7-10-24(20)18-5-8-23-9-6-18/h1-10,12-13H,11H2,(H,25,26). The second kappa shape index (κ2) is 6.65. The third-order valence-electron chi connectivity index (χ3n) is 4.39. The maximum atomic E-state index is 11.5. The number of halogens is 1. The van der Waals surface area contributed by atoms with Crippen molar-refractivity contribution in [2.75, 3.05) is 0 Å². The Morgan fingerprint density at radius 2 is 1.85 bits per heavy atom. The predicted octanol–water partition coefficient (Wildman–Crippen LogP) is 4.97. The highest BCUT2D eigenvalue weighted by Crippen LogP contribution is 2.24. The van der Waals surface area contributed by atoms with Crippen LogP contribution >= 0.6 is 11.6 Å². The van der Waals surface area contributed by atoms with Crippen LogP contribution in [0.15, 0.2) is 73.2 Å². The molecule has 0 aliphatic heterocycles. The number of aromatic nitrogens is 2. The zero-order valence-corrected chi connectivity index (χ0v) is 14.5. The SMILES string of the molecule is O=C(O)c1cc(Cl)ccc1Cc1ccc2c(ccn2-c2ccncc2)c1. The van der Waals surface area contributed by atoms with Crippen LogP contribution in [0, 0.1) is 0 Å². The average Bonchev–Trinajstić information content (AvgIpc) is 3.07. The monoisotopic (exact) mass is 362 g/mol. The largest absolute Gasteiger partial charge is 0.478 e. The number of benzene rings is 2. The quantitative estimate of drug-likeness (QED) is 0.557. The van der Waals surface area contributed by atoms with E-state index in [0.29, 0.717) is 11.4 Å².